The van der Waals surface area contributed by atoms with Crippen LogP contribution in [0, 0.1) is 3.57 Å². The number of ether oxygens (including phenoxy) is 1. The average molecular weight is 463 g/mol. The van der Waals surface area contributed by atoms with Crippen LogP contribution in [0.1, 0.15) is 10.5 Å². The van der Waals surface area contributed by atoms with Gasteiger partial charge in [-0.1, -0.05) is 52.5 Å². The maximum Gasteiger partial charge on any atom is 0.364 e. The van der Waals surface area contributed by atoms with Gasteiger partial charge >= 0.3 is 5.97 Å². The summed E-state index contributed by atoms with van der Waals surface area (Å²) in [6, 6.07) is 6.93. The maximum absolute atomic E-state index is 12.0. The topological polar surface area (TPSA) is 39.2 Å². The number of pyridine rings is 1. The second kappa shape index (κ2) is 6.66. The van der Waals surface area contributed by atoms with Gasteiger partial charge < -0.3 is 4.74 Å². The predicted molar refractivity (Wildman–Crippen MR) is 88.4 cm³/mol. The molecule has 2 aromatic rings. The summed E-state index contributed by atoms with van der Waals surface area (Å²) >= 11 is 25.4. The Morgan fingerprint density at radius 1 is 1.10 bits per heavy atom. The van der Waals surface area contributed by atoms with Crippen molar-refractivity contribution >= 4 is 75.0 Å². The monoisotopic (exact) mass is 461 g/mol. The summed E-state index contributed by atoms with van der Waals surface area (Å²) in [4.78, 5) is 15.8. The van der Waals surface area contributed by atoms with Crippen LogP contribution >= 0.6 is 69.0 Å². The van der Waals surface area contributed by atoms with Gasteiger partial charge in [0, 0.05) is 3.57 Å². The molecule has 0 aliphatic rings. The lowest BCUT2D eigenvalue weighted by Crippen LogP contribution is -2.12. The van der Waals surface area contributed by atoms with Crippen molar-refractivity contribution in [2.75, 3.05) is 0 Å². The van der Waals surface area contributed by atoms with Gasteiger partial charge in [0.25, 0.3) is 0 Å². The first-order chi connectivity index (χ1) is 9.40. The SMILES string of the molecule is O=C(Oc1cccc(I)c1)c1nc(Cl)c(Cl)c(Cl)c1Cl. The first-order valence-electron chi connectivity index (χ1n) is 5.08. The van der Waals surface area contributed by atoms with E-state index in [9.17, 15) is 4.79 Å². The molecule has 0 unspecified atom stereocenters. The highest BCUT2D eigenvalue weighted by Gasteiger charge is 2.21. The average Bonchev–Trinajstić information content (AvgIpc) is 2.40. The molecule has 104 valence electrons. The Morgan fingerprint density at radius 3 is 2.45 bits per heavy atom. The molecule has 0 aliphatic carbocycles. The van der Waals surface area contributed by atoms with Crippen molar-refractivity contribution in [1.29, 1.82) is 0 Å². The fourth-order valence-corrected chi connectivity index (χ4v) is 2.63. The van der Waals surface area contributed by atoms with Crippen molar-refractivity contribution in [1.82, 2.24) is 4.98 Å². The predicted octanol–water partition coefficient (Wildman–Crippen LogP) is 5.52. The van der Waals surface area contributed by atoms with Gasteiger partial charge in [-0.05, 0) is 40.8 Å². The molecule has 1 aromatic heterocycles. The molecule has 3 nitrogen and oxygen atoms in total. The molecule has 0 spiro atoms. The lowest BCUT2D eigenvalue weighted by Gasteiger charge is -2.08. The van der Waals surface area contributed by atoms with Gasteiger partial charge in [-0.15, -0.1) is 0 Å². The number of carbonyl (C=O) groups excluding carboxylic acids is 1. The maximum atomic E-state index is 12.0. The molecule has 2 rings (SSSR count). The van der Waals surface area contributed by atoms with E-state index in [0.717, 1.165) is 3.57 Å². The summed E-state index contributed by atoms with van der Waals surface area (Å²) in [6.45, 7) is 0. The van der Waals surface area contributed by atoms with Crippen molar-refractivity contribution in [3.05, 3.63) is 53.8 Å². The van der Waals surface area contributed by atoms with E-state index in [1.807, 2.05) is 6.07 Å². The fourth-order valence-electron chi connectivity index (χ4n) is 1.31. The van der Waals surface area contributed by atoms with E-state index < -0.39 is 5.97 Å². The molecule has 0 fully saturated rings. The Morgan fingerprint density at radius 2 is 1.80 bits per heavy atom. The van der Waals surface area contributed by atoms with Crippen LogP contribution in [0.25, 0.3) is 0 Å². The number of aromatic nitrogens is 1. The van der Waals surface area contributed by atoms with Crippen LogP contribution in [0.15, 0.2) is 24.3 Å². The first-order valence-corrected chi connectivity index (χ1v) is 7.67. The van der Waals surface area contributed by atoms with Crippen molar-refractivity contribution in [3.63, 3.8) is 0 Å². The van der Waals surface area contributed by atoms with E-state index in [1.54, 1.807) is 18.2 Å². The van der Waals surface area contributed by atoms with Crippen LogP contribution in [-0.2, 0) is 0 Å². The molecule has 1 heterocycles. The molecule has 0 N–H and O–H groups in total. The van der Waals surface area contributed by atoms with Crippen LogP contribution in [0.5, 0.6) is 5.75 Å². The molecule has 0 amide bonds. The van der Waals surface area contributed by atoms with E-state index in [2.05, 4.69) is 27.6 Å². The molecule has 0 saturated heterocycles. The van der Waals surface area contributed by atoms with Crippen LogP contribution in [0.4, 0.5) is 0 Å². The summed E-state index contributed by atoms with van der Waals surface area (Å²) in [5.41, 5.74) is -0.190. The van der Waals surface area contributed by atoms with Crippen molar-refractivity contribution in [2.24, 2.45) is 0 Å². The molecule has 20 heavy (non-hydrogen) atoms. The minimum Gasteiger partial charge on any atom is -0.422 e. The molecule has 0 aliphatic heterocycles. The smallest absolute Gasteiger partial charge is 0.364 e. The van der Waals surface area contributed by atoms with Gasteiger partial charge in [-0.3, -0.25) is 0 Å². The third-order valence-corrected chi connectivity index (χ3v) is 4.53. The number of hydrogen-bond acceptors (Lipinski definition) is 3. The lowest BCUT2D eigenvalue weighted by molar-refractivity contribution is 0.0728. The quantitative estimate of drug-likeness (QED) is 0.255. The van der Waals surface area contributed by atoms with E-state index in [4.69, 9.17) is 51.1 Å². The second-order valence-corrected chi connectivity index (χ2v) is 6.28. The number of rotatable bonds is 2. The Balaban J connectivity index is 2.35. The highest BCUT2D eigenvalue weighted by Crippen LogP contribution is 2.36. The Bertz CT molecular complexity index is 693. The molecule has 0 radical (unpaired) electrons. The van der Waals surface area contributed by atoms with Crippen LogP contribution in [-0.4, -0.2) is 11.0 Å². The zero-order valence-corrected chi connectivity index (χ0v) is 14.6. The van der Waals surface area contributed by atoms with E-state index in [1.165, 1.54) is 0 Å². The number of halogens is 5. The number of hydrogen-bond donors (Lipinski definition) is 0. The standard InChI is InChI=1S/C12H4Cl4INO2/c13-7-8(14)10(18-11(16)9(7)15)12(19)20-6-3-1-2-5(17)4-6/h1-4H. The summed E-state index contributed by atoms with van der Waals surface area (Å²) in [7, 11) is 0. The van der Waals surface area contributed by atoms with Gasteiger partial charge in [0.2, 0.25) is 0 Å². The molecule has 8 heteroatoms. The third kappa shape index (κ3) is 3.49. The van der Waals surface area contributed by atoms with E-state index in [-0.39, 0.29) is 25.9 Å². The number of benzene rings is 1. The highest BCUT2D eigenvalue weighted by molar-refractivity contribution is 14.1. The number of carbonyl (C=O) groups is 1. The molecule has 0 bridgehead atoms. The number of nitrogens with zero attached hydrogens (tertiary/aromatic N) is 1. The molecular formula is C12H4Cl4INO2. The second-order valence-electron chi connectivity index (χ2n) is 3.54. The van der Waals surface area contributed by atoms with Crippen molar-refractivity contribution < 1.29 is 9.53 Å². The minimum absolute atomic E-state index is 0.0101. The first kappa shape index (κ1) is 16.1. The van der Waals surface area contributed by atoms with Crippen molar-refractivity contribution in [3.8, 4) is 5.75 Å². The van der Waals surface area contributed by atoms with Crippen molar-refractivity contribution in [2.45, 2.75) is 0 Å². The molecule has 0 saturated carbocycles. The van der Waals surface area contributed by atoms with E-state index >= 15 is 0 Å². The Kier molecular flexibility index (Phi) is 5.36. The summed E-state index contributed by atoms with van der Waals surface area (Å²) < 4.78 is 6.08. The normalized spacial score (nSPS) is 10.4. The molecule has 0 atom stereocenters. The lowest BCUT2D eigenvalue weighted by atomic mass is 10.3. The summed E-state index contributed by atoms with van der Waals surface area (Å²) in [6.07, 6.45) is 0. The minimum atomic E-state index is -0.766. The van der Waals surface area contributed by atoms with Gasteiger partial charge in [0.1, 0.15) is 10.9 Å². The largest absolute Gasteiger partial charge is 0.422 e. The molecular weight excluding hydrogens is 459 g/mol. The van der Waals surface area contributed by atoms with Crippen LogP contribution < -0.4 is 4.74 Å². The van der Waals surface area contributed by atoms with Gasteiger partial charge in [-0.25, -0.2) is 9.78 Å². The van der Waals surface area contributed by atoms with Gasteiger partial charge in [0.15, 0.2) is 5.69 Å². The molecule has 1 aromatic carbocycles. The Labute approximate surface area is 148 Å². The summed E-state index contributed by atoms with van der Waals surface area (Å²) in [5, 5.41) is -0.264. The van der Waals surface area contributed by atoms with Crippen LogP contribution in [0.3, 0.4) is 0 Å². The number of esters is 1. The van der Waals surface area contributed by atoms with Gasteiger partial charge in [-0.2, -0.15) is 0 Å². The third-order valence-electron chi connectivity index (χ3n) is 2.18. The fraction of sp³-hybridized carbons (Fsp3) is 0. The highest BCUT2D eigenvalue weighted by atomic mass is 127. The zero-order chi connectivity index (χ0) is 14.9. The zero-order valence-electron chi connectivity index (χ0n) is 9.46. The van der Waals surface area contributed by atoms with E-state index in [0.29, 0.717) is 5.75 Å². The summed E-state index contributed by atoms with van der Waals surface area (Å²) in [5.74, 6) is -0.403. The Hall–Kier alpha value is -0.270. The van der Waals surface area contributed by atoms with Gasteiger partial charge in [0.05, 0.1) is 15.1 Å². The van der Waals surface area contributed by atoms with Crippen LogP contribution in [0.2, 0.25) is 20.2 Å².